The van der Waals surface area contributed by atoms with Crippen molar-refractivity contribution in [1.82, 2.24) is 5.32 Å². The number of anilines is 1. The lowest BCUT2D eigenvalue weighted by molar-refractivity contribution is -0.384. The Hall–Kier alpha value is -2.64. The Morgan fingerprint density at radius 1 is 1.28 bits per heavy atom. The molecule has 0 amide bonds. The molecule has 3 rings (SSSR count). The predicted octanol–water partition coefficient (Wildman–Crippen LogP) is 5.04. The molecule has 0 unspecified atom stereocenters. The van der Waals surface area contributed by atoms with E-state index in [2.05, 4.69) is 10.6 Å². The Kier molecular flexibility index (Phi) is 4.87. The molecule has 0 aliphatic carbocycles. The number of para-hydroxylation sites is 1. The van der Waals surface area contributed by atoms with Gasteiger partial charge in [0.25, 0.3) is 5.69 Å². The molecule has 0 spiro atoms. The summed E-state index contributed by atoms with van der Waals surface area (Å²) in [4.78, 5) is 10.4. The molecule has 0 aliphatic rings. The summed E-state index contributed by atoms with van der Waals surface area (Å²) in [6, 6.07) is 13.6. The van der Waals surface area contributed by atoms with Crippen LogP contribution in [0.25, 0.3) is 11.0 Å². The second-order valence-corrected chi connectivity index (χ2v) is 6.24. The van der Waals surface area contributed by atoms with E-state index in [4.69, 9.17) is 28.2 Å². The average molecular weight is 376 g/mol. The van der Waals surface area contributed by atoms with Gasteiger partial charge in [0, 0.05) is 17.5 Å². The molecule has 2 N–H and O–H groups in total. The van der Waals surface area contributed by atoms with Crippen LogP contribution >= 0.6 is 23.8 Å². The van der Waals surface area contributed by atoms with Gasteiger partial charge in [-0.25, -0.2) is 0 Å². The number of nitro groups is 1. The lowest BCUT2D eigenvalue weighted by Gasteiger charge is -2.15. The van der Waals surface area contributed by atoms with Crippen molar-refractivity contribution >= 4 is 51.3 Å². The summed E-state index contributed by atoms with van der Waals surface area (Å²) in [6.07, 6.45) is 0. The van der Waals surface area contributed by atoms with Gasteiger partial charge >= 0.3 is 0 Å². The van der Waals surface area contributed by atoms with Crippen LogP contribution in [0.4, 0.5) is 11.4 Å². The maximum atomic E-state index is 10.9. The average Bonchev–Trinajstić information content (AvgIpc) is 3.01. The molecule has 6 nitrogen and oxygen atoms in total. The first kappa shape index (κ1) is 17.2. The van der Waals surface area contributed by atoms with Gasteiger partial charge in [-0.3, -0.25) is 10.1 Å². The quantitative estimate of drug-likeness (QED) is 0.377. The van der Waals surface area contributed by atoms with Gasteiger partial charge in [0.1, 0.15) is 11.3 Å². The molecule has 1 aromatic heterocycles. The highest BCUT2D eigenvalue weighted by molar-refractivity contribution is 7.80. The molecule has 1 heterocycles. The van der Waals surface area contributed by atoms with E-state index < -0.39 is 4.92 Å². The Bertz CT molecular complexity index is 924. The van der Waals surface area contributed by atoms with E-state index in [9.17, 15) is 10.1 Å². The summed E-state index contributed by atoms with van der Waals surface area (Å²) in [5.74, 6) is 0.732. The molecule has 0 bridgehead atoms. The molecule has 2 aromatic carbocycles. The molecule has 0 aliphatic heterocycles. The van der Waals surface area contributed by atoms with Crippen LogP contribution in [-0.2, 0) is 0 Å². The number of non-ortho nitro benzene ring substituents is 1. The molecule has 0 saturated carbocycles. The summed E-state index contributed by atoms with van der Waals surface area (Å²) in [5.41, 5.74) is 1.09. The summed E-state index contributed by atoms with van der Waals surface area (Å²) in [5, 5.41) is 18.5. The van der Waals surface area contributed by atoms with Crippen molar-refractivity contribution in [2.24, 2.45) is 0 Å². The maximum Gasteiger partial charge on any atom is 0.271 e. The van der Waals surface area contributed by atoms with Crippen molar-refractivity contribution in [1.29, 1.82) is 0 Å². The SMILES string of the molecule is C[C@H](NC(=S)Nc1cc([N+](=O)[O-])ccc1Cl)c1cc2ccccc2o1. The van der Waals surface area contributed by atoms with Crippen LogP contribution in [0, 0.1) is 10.1 Å². The largest absolute Gasteiger partial charge is 0.459 e. The molecular weight excluding hydrogens is 362 g/mol. The molecule has 0 saturated heterocycles. The Morgan fingerprint density at radius 3 is 2.76 bits per heavy atom. The minimum atomic E-state index is -0.491. The number of nitrogens with one attached hydrogen (secondary N) is 2. The van der Waals surface area contributed by atoms with Gasteiger partial charge in [-0.05, 0) is 37.3 Å². The fraction of sp³-hybridized carbons (Fsp3) is 0.118. The van der Waals surface area contributed by atoms with Crippen molar-refractivity contribution < 1.29 is 9.34 Å². The lowest BCUT2D eigenvalue weighted by Crippen LogP contribution is -2.30. The zero-order valence-electron chi connectivity index (χ0n) is 13.2. The van der Waals surface area contributed by atoms with E-state index in [1.807, 2.05) is 37.3 Å². The summed E-state index contributed by atoms with van der Waals surface area (Å²) < 4.78 is 5.79. The Balaban J connectivity index is 1.71. The molecule has 0 fully saturated rings. The van der Waals surface area contributed by atoms with E-state index in [0.29, 0.717) is 10.7 Å². The number of rotatable bonds is 4. The van der Waals surface area contributed by atoms with Crippen molar-refractivity contribution in [2.45, 2.75) is 13.0 Å². The van der Waals surface area contributed by atoms with Crippen LogP contribution < -0.4 is 10.6 Å². The Morgan fingerprint density at radius 2 is 2.04 bits per heavy atom. The lowest BCUT2D eigenvalue weighted by atomic mass is 10.2. The van der Waals surface area contributed by atoms with Gasteiger partial charge in [-0.15, -0.1) is 0 Å². The van der Waals surface area contributed by atoms with Gasteiger partial charge in [-0.2, -0.15) is 0 Å². The number of halogens is 1. The van der Waals surface area contributed by atoms with Gasteiger partial charge in [0.05, 0.1) is 21.7 Å². The molecular formula is C17H14ClN3O3S. The number of nitrogens with zero attached hydrogens (tertiary/aromatic N) is 1. The number of fused-ring (bicyclic) bond motifs is 1. The number of hydrogen-bond donors (Lipinski definition) is 2. The third-order valence-corrected chi connectivity index (χ3v) is 4.18. The van der Waals surface area contributed by atoms with Crippen molar-refractivity contribution in [3.63, 3.8) is 0 Å². The van der Waals surface area contributed by atoms with Crippen LogP contribution in [0.1, 0.15) is 18.7 Å². The first-order valence-electron chi connectivity index (χ1n) is 7.44. The number of thiocarbonyl (C=S) groups is 1. The molecule has 8 heteroatoms. The highest BCUT2D eigenvalue weighted by Crippen LogP contribution is 2.27. The summed E-state index contributed by atoms with van der Waals surface area (Å²) >= 11 is 11.3. The third kappa shape index (κ3) is 3.89. The zero-order valence-corrected chi connectivity index (χ0v) is 14.7. The highest BCUT2D eigenvalue weighted by Gasteiger charge is 2.15. The predicted molar refractivity (Wildman–Crippen MR) is 102 cm³/mol. The molecule has 128 valence electrons. The molecule has 3 aromatic rings. The first-order chi connectivity index (χ1) is 11.9. The second kappa shape index (κ2) is 7.08. The monoisotopic (exact) mass is 375 g/mol. The number of furan rings is 1. The highest BCUT2D eigenvalue weighted by atomic mass is 35.5. The normalized spacial score (nSPS) is 11.9. The molecule has 0 radical (unpaired) electrons. The van der Waals surface area contributed by atoms with Crippen molar-refractivity contribution in [2.75, 3.05) is 5.32 Å². The number of nitro benzene ring substituents is 1. The standard InChI is InChI=1S/C17H14ClN3O3S/c1-10(16-8-11-4-2-3-5-15(11)24-16)19-17(25)20-14-9-12(21(22)23)6-7-13(14)18/h2-10H,1H3,(H2,19,20,25)/t10-/m0/s1. The third-order valence-electron chi connectivity index (χ3n) is 3.63. The minimum Gasteiger partial charge on any atom is -0.459 e. The van der Waals surface area contributed by atoms with Crippen LogP contribution in [0.2, 0.25) is 5.02 Å². The van der Waals surface area contributed by atoms with Gasteiger partial charge < -0.3 is 15.1 Å². The summed E-state index contributed by atoms with van der Waals surface area (Å²) in [6.45, 7) is 1.90. The maximum absolute atomic E-state index is 10.9. The minimum absolute atomic E-state index is 0.0694. The van der Waals surface area contributed by atoms with E-state index in [1.165, 1.54) is 18.2 Å². The van der Waals surface area contributed by atoms with Gasteiger partial charge in [0.15, 0.2) is 5.11 Å². The zero-order chi connectivity index (χ0) is 18.0. The number of benzene rings is 2. The molecule has 1 atom stereocenters. The van der Waals surface area contributed by atoms with E-state index in [0.717, 1.165) is 16.7 Å². The van der Waals surface area contributed by atoms with E-state index >= 15 is 0 Å². The Labute approximate surface area is 153 Å². The first-order valence-corrected chi connectivity index (χ1v) is 8.22. The fourth-order valence-corrected chi connectivity index (χ4v) is 2.82. The smallest absolute Gasteiger partial charge is 0.271 e. The van der Waals surface area contributed by atoms with E-state index in [1.54, 1.807) is 0 Å². The van der Waals surface area contributed by atoms with Crippen molar-refractivity contribution in [3.05, 3.63) is 69.4 Å². The fourth-order valence-electron chi connectivity index (χ4n) is 2.36. The van der Waals surface area contributed by atoms with Crippen LogP contribution in [0.15, 0.2) is 52.9 Å². The van der Waals surface area contributed by atoms with Crippen LogP contribution in [0.3, 0.4) is 0 Å². The molecule has 25 heavy (non-hydrogen) atoms. The van der Waals surface area contributed by atoms with Crippen LogP contribution in [-0.4, -0.2) is 10.0 Å². The topological polar surface area (TPSA) is 80.3 Å². The van der Waals surface area contributed by atoms with E-state index in [-0.39, 0.29) is 16.8 Å². The van der Waals surface area contributed by atoms with Crippen molar-refractivity contribution in [3.8, 4) is 0 Å². The number of hydrogen-bond acceptors (Lipinski definition) is 4. The van der Waals surface area contributed by atoms with Crippen LogP contribution in [0.5, 0.6) is 0 Å². The van der Waals surface area contributed by atoms with Gasteiger partial charge in [0.2, 0.25) is 0 Å². The summed E-state index contributed by atoms with van der Waals surface area (Å²) in [7, 11) is 0. The van der Waals surface area contributed by atoms with Gasteiger partial charge in [-0.1, -0.05) is 29.8 Å². The second-order valence-electron chi connectivity index (χ2n) is 5.43.